The van der Waals surface area contributed by atoms with Crippen LogP contribution in [0.15, 0.2) is 0 Å². The maximum Gasteiger partial charge on any atom is 0.408 e. The molecule has 0 aliphatic carbocycles. The fraction of sp³-hybridized carbons (Fsp3) is 0.851. The second-order valence-corrected chi connectivity index (χ2v) is 19.0. The first-order chi connectivity index (χ1) is 31.5. The van der Waals surface area contributed by atoms with Crippen molar-refractivity contribution in [3.63, 3.8) is 0 Å². The van der Waals surface area contributed by atoms with Gasteiger partial charge in [-0.2, -0.15) is 0 Å². The van der Waals surface area contributed by atoms with Gasteiger partial charge in [0, 0.05) is 51.7 Å². The summed E-state index contributed by atoms with van der Waals surface area (Å²) >= 11 is 0. The summed E-state index contributed by atoms with van der Waals surface area (Å²) in [7, 11) is 0. The zero-order chi connectivity index (χ0) is 50.7. The molecule has 6 amide bonds. The third-order valence-electron chi connectivity index (χ3n) is 10.7. The Kier molecular flexibility index (Phi) is 28.8. The molecule has 388 valence electrons. The molecule has 4 rings (SSSR count). The zero-order valence-corrected chi connectivity index (χ0v) is 42.7. The van der Waals surface area contributed by atoms with E-state index in [0.717, 1.165) is 45.1 Å². The monoisotopic (exact) mass is 958 g/mol. The standard InChI is InChI=1S/C14H26N2O4.C14H24N2O3.C10H19NO4.C9H18N2O2/c1-5-6-11(15-13(18)20-14(2,3)4)12(17)16-7-9-19-10-8-16;1-3-4-12(16-6-5-11(2)13(16)17)14(18)15-7-9-19-10-8-15;1-5-6-7(8(12)13)11-9(14)15-10(2,3)4;1-2-3-8(10)9(12)11-4-6-13-7-5-11/h11H,5-10H2,1-4H3,(H,15,18);11-12H,3-10H2,1-2H3;7H,5-6H2,1-4H3,(H,11,14)(H,12,13);8H,2-7,10H2,1H3/t11-;11-,12-;7-;8-/m0010/s1. The van der Waals surface area contributed by atoms with Crippen molar-refractivity contribution in [1.82, 2.24) is 30.2 Å². The van der Waals surface area contributed by atoms with Crippen LogP contribution in [-0.4, -0.2) is 187 Å². The third-order valence-corrected chi connectivity index (χ3v) is 10.7. The highest BCUT2D eigenvalue weighted by atomic mass is 16.6. The summed E-state index contributed by atoms with van der Waals surface area (Å²) < 4.78 is 25.8. The fourth-order valence-corrected chi connectivity index (χ4v) is 7.29. The minimum absolute atomic E-state index is 0.0546. The van der Waals surface area contributed by atoms with Crippen molar-refractivity contribution in [2.45, 2.75) is 169 Å². The number of carbonyl (C=O) groups is 7. The number of likely N-dealkylation sites (tertiary alicyclic amines) is 1. The molecule has 0 aromatic rings. The number of ether oxygens (including phenoxy) is 5. The minimum atomic E-state index is -1.04. The number of morpholine rings is 3. The molecule has 0 unspecified atom stereocenters. The normalized spacial score (nSPS) is 19.3. The molecule has 5 atom stereocenters. The molecule has 4 heterocycles. The molecule has 5 N–H and O–H groups in total. The third kappa shape index (κ3) is 24.5. The number of alkyl carbamates (subject to hydrolysis) is 2. The smallest absolute Gasteiger partial charge is 0.408 e. The van der Waals surface area contributed by atoms with Crippen LogP contribution in [-0.2, 0) is 47.7 Å². The molecule has 0 radical (unpaired) electrons. The van der Waals surface area contributed by atoms with Gasteiger partial charge >= 0.3 is 18.2 Å². The lowest BCUT2D eigenvalue weighted by Crippen LogP contribution is -2.52. The summed E-state index contributed by atoms with van der Waals surface area (Å²) in [6.45, 7) is 28.6. The van der Waals surface area contributed by atoms with Crippen LogP contribution in [0, 0.1) is 5.92 Å². The zero-order valence-electron chi connectivity index (χ0n) is 42.7. The summed E-state index contributed by atoms with van der Waals surface area (Å²) in [6.07, 6.45) is 5.55. The van der Waals surface area contributed by atoms with Crippen LogP contribution in [0.1, 0.15) is 134 Å². The van der Waals surface area contributed by atoms with Crippen LogP contribution in [0.4, 0.5) is 9.59 Å². The van der Waals surface area contributed by atoms with Crippen molar-refractivity contribution in [2.75, 3.05) is 85.5 Å². The fourth-order valence-electron chi connectivity index (χ4n) is 7.29. The Morgan fingerprint density at radius 2 is 0.985 bits per heavy atom. The van der Waals surface area contributed by atoms with E-state index in [1.165, 1.54) is 0 Å². The maximum absolute atomic E-state index is 12.6. The van der Waals surface area contributed by atoms with Gasteiger partial charge in [0.1, 0.15) is 29.3 Å². The number of hydrogen-bond acceptors (Lipinski definition) is 13. The van der Waals surface area contributed by atoms with E-state index in [1.54, 1.807) is 56.2 Å². The molecule has 4 fully saturated rings. The van der Waals surface area contributed by atoms with Crippen molar-refractivity contribution < 1.29 is 62.4 Å². The summed E-state index contributed by atoms with van der Waals surface area (Å²) in [5, 5.41) is 13.8. The molecule has 0 saturated carbocycles. The minimum Gasteiger partial charge on any atom is -0.480 e. The SMILES string of the molecule is CCC[C@@H](C(=O)N1CCOCC1)N1CC[C@H](C)C1=O.CCC[C@@H](NC(=O)OC(C)(C)C)C(=O)O.CCC[C@H](N)C(=O)N1CCOCC1.CCC[C@H](NC(=O)OC(C)(C)C)C(=O)N1CCOCC1. The highest BCUT2D eigenvalue weighted by molar-refractivity contribution is 5.89. The van der Waals surface area contributed by atoms with Crippen molar-refractivity contribution in [1.29, 1.82) is 0 Å². The Labute approximate surface area is 399 Å². The van der Waals surface area contributed by atoms with Gasteiger partial charge in [0.05, 0.1) is 45.7 Å². The lowest BCUT2D eigenvalue weighted by atomic mass is 10.1. The number of aliphatic carboxylic acids is 1. The van der Waals surface area contributed by atoms with Crippen LogP contribution in [0.3, 0.4) is 0 Å². The number of nitrogens with zero attached hydrogens (tertiary/aromatic N) is 4. The molecule has 20 nitrogen and oxygen atoms in total. The lowest BCUT2D eigenvalue weighted by Gasteiger charge is -2.34. The number of carboxylic acids is 1. The van der Waals surface area contributed by atoms with Gasteiger partial charge in [-0.05, 0) is 73.6 Å². The maximum atomic E-state index is 12.6. The second-order valence-electron chi connectivity index (χ2n) is 19.0. The Morgan fingerprint density at radius 1 is 0.612 bits per heavy atom. The van der Waals surface area contributed by atoms with Gasteiger partial charge in [-0.1, -0.05) is 60.3 Å². The Hall–Kier alpha value is -4.27. The van der Waals surface area contributed by atoms with E-state index in [1.807, 2.05) is 32.6 Å². The topological polar surface area (TPSA) is 249 Å². The molecule has 20 heteroatoms. The van der Waals surface area contributed by atoms with E-state index >= 15 is 0 Å². The average Bonchev–Trinajstić information content (AvgIpc) is 3.61. The number of amides is 6. The number of carboxylic acid groups (broad SMARTS) is 1. The van der Waals surface area contributed by atoms with E-state index in [2.05, 4.69) is 17.6 Å². The molecule has 0 spiro atoms. The summed E-state index contributed by atoms with van der Waals surface area (Å²) in [5.74, 6) is -0.710. The number of rotatable bonds is 15. The predicted molar refractivity (Wildman–Crippen MR) is 253 cm³/mol. The van der Waals surface area contributed by atoms with Crippen LogP contribution in [0.25, 0.3) is 0 Å². The molecule has 4 saturated heterocycles. The number of carbonyl (C=O) groups excluding carboxylic acids is 6. The van der Waals surface area contributed by atoms with Crippen LogP contribution in [0.5, 0.6) is 0 Å². The summed E-state index contributed by atoms with van der Waals surface area (Å²) in [4.78, 5) is 89.7. The molecule has 0 bridgehead atoms. The summed E-state index contributed by atoms with van der Waals surface area (Å²) in [5.41, 5.74) is 4.55. The van der Waals surface area contributed by atoms with E-state index in [9.17, 15) is 33.6 Å². The number of nitrogens with two attached hydrogens (primary N) is 1. The van der Waals surface area contributed by atoms with Gasteiger partial charge in [-0.25, -0.2) is 14.4 Å². The van der Waals surface area contributed by atoms with Crippen molar-refractivity contribution in [3.05, 3.63) is 0 Å². The molecule has 4 aliphatic heterocycles. The molecule has 67 heavy (non-hydrogen) atoms. The molecule has 0 aromatic carbocycles. The summed E-state index contributed by atoms with van der Waals surface area (Å²) in [6, 6.07) is -1.97. The van der Waals surface area contributed by atoms with Crippen molar-refractivity contribution in [3.8, 4) is 0 Å². The Bertz CT molecular complexity index is 1500. The van der Waals surface area contributed by atoms with Gasteiger partial charge in [-0.3, -0.25) is 19.2 Å². The lowest BCUT2D eigenvalue weighted by molar-refractivity contribution is -0.147. The highest BCUT2D eigenvalue weighted by Crippen LogP contribution is 2.23. The molecule has 4 aliphatic rings. The second kappa shape index (κ2) is 31.7. The largest absolute Gasteiger partial charge is 0.480 e. The Morgan fingerprint density at radius 3 is 1.34 bits per heavy atom. The quantitative estimate of drug-likeness (QED) is 0.180. The predicted octanol–water partition coefficient (Wildman–Crippen LogP) is 4.16. The van der Waals surface area contributed by atoms with Gasteiger partial charge in [0.2, 0.25) is 23.6 Å². The molecular weight excluding hydrogens is 871 g/mol. The van der Waals surface area contributed by atoms with E-state index in [-0.39, 0.29) is 41.6 Å². The molecular formula is C47H87N7O13. The number of nitrogens with one attached hydrogen (secondary N) is 2. The van der Waals surface area contributed by atoms with Crippen molar-refractivity contribution >= 4 is 41.8 Å². The first-order valence-corrected chi connectivity index (χ1v) is 24.4. The number of hydrogen-bond donors (Lipinski definition) is 4. The van der Waals surface area contributed by atoms with Crippen LogP contribution < -0.4 is 16.4 Å². The average molecular weight is 958 g/mol. The first kappa shape index (κ1) is 60.7. The first-order valence-electron chi connectivity index (χ1n) is 24.4. The van der Waals surface area contributed by atoms with Gasteiger partial charge in [0.25, 0.3) is 0 Å². The van der Waals surface area contributed by atoms with Gasteiger partial charge < -0.3 is 64.8 Å². The highest BCUT2D eigenvalue weighted by Gasteiger charge is 2.38. The van der Waals surface area contributed by atoms with E-state index in [4.69, 9.17) is 34.5 Å². The van der Waals surface area contributed by atoms with Gasteiger partial charge in [-0.15, -0.1) is 0 Å². The van der Waals surface area contributed by atoms with Crippen LogP contribution in [0.2, 0.25) is 0 Å². The molecule has 0 aromatic heterocycles. The van der Waals surface area contributed by atoms with E-state index in [0.29, 0.717) is 98.2 Å². The van der Waals surface area contributed by atoms with Crippen molar-refractivity contribution in [2.24, 2.45) is 11.7 Å². The van der Waals surface area contributed by atoms with E-state index < -0.39 is 41.4 Å². The van der Waals surface area contributed by atoms with Gasteiger partial charge in [0.15, 0.2) is 0 Å². The van der Waals surface area contributed by atoms with Crippen LogP contribution >= 0.6 is 0 Å². The Balaban J connectivity index is 0.000000453.